The Morgan fingerprint density at radius 1 is 0.365 bits per heavy atom. The number of benzene rings is 9. The Labute approximate surface area is 300 Å². The van der Waals surface area contributed by atoms with E-state index >= 15 is 0 Å². The van der Waals surface area contributed by atoms with E-state index < -0.39 is 0 Å². The molecule has 0 fully saturated rings. The fraction of sp³-hybridized carbons (Fsp3) is 0. The molecule has 0 unspecified atom stereocenters. The number of hydrogen-bond acceptors (Lipinski definition) is 2. The highest BCUT2D eigenvalue weighted by Gasteiger charge is 2.25. The topological polar surface area (TPSA) is 51.9 Å². The quantitative estimate of drug-likeness (QED) is 0.140. The fourth-order valence-electron chi connectivity index (χ4n) is 8.30. The molecule has 0 saturated heterocycles. The molecular formula is C49H25N3. The van der Waals surface area contributed by atoms with Crippen molar-refractivity contribution in [1.82, 2.24) is 0 Å². The molecule has 0 spiro atoms. The average molecular weight is 656 g/mol. The molecule has 1 aliphatic rings. The van der Waals surface area contributed by atoms with Gasteiger partial charge in [0.2, 0.25) is 0 Å². The van der Waals surface area contributed by atoms with Crippen molar-refractivity contribution >= 4 is 48.8 Å². The summed E-state index contributed by atoms with van der Waals surface area (Å²) in [5, 5.41) is 28.4. The van der Waals surface area contributed by atoms with Gasteiger partial charge in [-0.1, -0.05) is 97.1 Å². The van der Waals surface area contributed by atoms with Gasteiger partial charge in [-0.3, -0.25) is 0 Å². The van der Waals surface area contributed by atoms with Gasteiger partial charge < -0.3 is 0 Å². The smallest absolute Gasteiger partial charge is 0.187 e. The summed E-state index contributed by atoms with van der Waals surface area (Å²) in [6.45, 7) is 7.77. The van der Waals surface area contributed by atoms with E-state index in [9.17, 15) is 10.5 Å². The monoisotopic (exact) mass is 655 g/mol. The van der Waals surface area contributed by atoms with Crippen LogP contribution in [0.4, 0.5) is 5.69 Å². The maximum absolute atomic E-state index is 9.76. The molecule has 0 atom stereocenters. The molecule has 1 aliphatic carbocycles. The van der Waals surface area contributed by atoms with Gasteiger partial charge in [0.1, 0.15) is 0 Å². The second-order valence-electron chi connectivity index (χ2n) is 13.4. The van der Waals surface area contributed by atoms with Gasteiger partial charge >= 0.3 is 0 Å². The predicted octanol–water partition coefficient (Wildman–Crippen LogP) is 13.2. The van der Waals surface area contributed by atoms with E-state index in [0.29, 0.717) is 16.8 Å². The van der Waals surface area contributed by atoms with Crippen molar-refractivity contribution in [3.8, 4) is 67.8 Å². The van der Waals surface area contributed by atoms with Crippen LogP contribution in [0.15, 0.2) is 152 Å². The third-order valence-electron chi connectivity index (χ3n) is 10.6. The molecular weight excluding hydrogens is 631 g/mol. The van der Waals surface area contributed by atoms with Crippen LogP contribution < -0.4 is 0 Å². The van der Waals surface area contributed by atoms with Crippen molar-refractivity contribution in [2.75, 3.05) is 0 Å². The van der Waals surface area contributed by atoms with Crippen LogP contribution in [0, 0.1) is 29.2 Å². The van der Waals surface area contributed by atoms with Crippen LogP contribution >= 0.6 is 0 Å². The lowest BCUT2D eigenvalue weighted by Gasteiger charge is -2.18. The molecule has 0 bridgehead atoms. The van der Waals surface area contributed by atoms with Crippen LogP contribution in [0.1, 0.15) is 11.1 Å². The molecule has 3 heteroatoms. The lowest BCUT2D eigenvalue weighted by atomic mass is 9.86. The first kappa shape index (κ1) is 29.4. The normalized spacial score (nSPS) is 11.4. The Morgan fingerprint density at radius 3 is 1.71 bits per heavy atom. The molecule has 236 valence electrons. The average Bonchev–Trinajstić information content (AvgIpc) is 3.53. The van der Waals surface area contributed by atoms with E-state index in [-0.39, 0.29) is 0 Å². The Balaban J connectivity index is 1.32. The SMILES string of the molecule is [C-]#[N+]c1cccc(-c2cc3c4ccccc4c(-c4cccc(C#N)c4)cc3c3cc4c(cc23)-c2ccc(-c3ccc(C#N)cc3)c3cccc-4c23)c1. The first-order valence-corrected chi connectivity index (χ1v) is 17.1. The molecule has 0 amide bonds. The lowest BCUT2D eigenvalue weighted by molar-refractivity contribution is 1.48. The molecule has 0 saturated carbocycles. The van der Waals surface area contributed by atoms with E-state index in [1.165, 1.54) is 33.0 Å². The zero-order valence-corrected chi connectivity index (χ0v) is 27.8. The Bertz CT molecular complexity index is 3150. The van der Waals surface area contributed by atoms with Gasteiger partial charge in [-0.2, -0.15) is 10.5 Å². The van der Waals surface area contributed by atoms with Crippen LogP contribution in [0.5, 0.6) is 0 Å². The minimum atomic E-state index is 0.608. The summed E-state index contributed by atoms with van der Waals surface area (Å²) < 4.78 is 0. The highest BCUT2D eigenvalue weighted by molar-refractivity contribution is 6.27. The number of nitrogens with zero attached hydrogens (tertiary/aromatic N) is 3. The molecule has 0 aromatic heterocycles. The largest absolute Gasteiger partial charge is 0.238 e. The Hall–Kier alpha value is -7.51. The Morgan fingerprint density at radius 2 is 0.942 bits per heavy atom. The number of nitriles is 2. The van der Waals surface area contributed by atoms with Crippen molar-refractivity contribution in [1.29, 1.82) is 10.5 Å². The maximum Gasteiger partial charge on any atom is 0.187 e. The second kappa shape index (κ2) is 11.3. The summed E-state index contributed by atoms with van der Waals surface area (Å²) in [5.41, 5.74) is 13.1. The highest BCUT2D eigenvalue weighted by Crippen LogP contribution is 2.53. The van der Waals surface area contributed by atoms with Gasteiger partial charge in [-0.15, -0.1) is 0 Å². The molecule has 9 aromatic rings. The van der Waals surface area contributed by atoms with Crippen LogP contribution in [0.25, 0.3) is 104 Å². The van der Waals surface area contributed by atoms with E-state index in [1.807, 2.05) is 60.7 Å². The van der Waals surface area contributed by atoms with Crippen molar-refractivity contribution in [3.63, 3.8) is 0 Å². The Kier molecular flexibility index (Phi) is 6.37. The van der Waals surface area contributed by atoms with E-state index in [1.54, 1.807) is 0 Å². The summed E-state index contributed by atoms with van der Waals surface area (Å²) in [6.07, 6.45) is 0. The highest BCUT2D eigenvalue weighted by atomic mass is 14.6. The van der Waals surface area contributed by atoms with Crippen LogP contribution in [0.3, 0.4) is 0 Å². The first-order chi connectivity index (χ1) is 25.6. The summed E-state index contributed by atoms with van der Waals surface area (Å²) >= 11 is 0. The molecule has 52 heavy (non-hydrogen) atoms. The number of fused-ring (bicyclic) bond motifs is 8. The molecule has 0 aliphatic heterocycles. The van der Waals surface area contributed by atoms with Crippen molar-refractivity contribution in [2.24, 2.45) is 0 Å². The summed E-state index contributed by atoms with van der Waals surface area (Å²) in [6, 6.07) is 57.0. The minimum Gasteiger partial charge on any atom is -0.238 e. The van der Waals surface area contributed by atoms with Crippen LogP contribution in [0.2, 0.25) is 0 Å². The third-order valence-corrected chi connectivity index (χ3v) is 10.6. The summed E-state index contributed by atoms with van der Waals surface area (Å²) in [4.78, 5) is 3.77. The van der Waals surface area contributed by atoms with Crippen LogP contribution in [-0.2, 0) is 0 Å². The molecule has 3 nitrogen and oxygen atoms in total. The maximum atomic E-state index is 9.76. The minimum absolute atomic E-state index is 0.608. The summed E-state index contributed by atoms with van der Waals surface area (Å²) in [7, 11) is 0. The molecule has 0 N–H and O–H groups in total. The van der Waals surface area contributed by atoms with Gasteiger partial charge in [0.15, 0.2) is 5.69 Å². The zero-order chi connectivity index (χ0) is 34.9. The van der Waals surface area contributed by atoms with Crippen molar-refractivity contribution in [3.05, 3.63) is 174 Å². The summed E-state index contributed by atoms with van der Waals surface area (Å²) in [5.74, 6) is 0. The fourth-order valence-corrected chi connectivity index (χ4v) is 8.30. The van der Waals surface area contributed by atoms with Gasteiger partial charge in [-0.25, -0.2) is 4.85 Å². The van der Waals surface area contributed by atoms with Crippen LogP contribution in [-0.4, -0.2) is 0 Å². The van der Waals surface area contributed by atoms with Gasteiger partial charge in [0, 0.05) is 0 Å². The number of hydrogen-bond donors (Lipinski definition) is 0. The molecule has 9 aromatic carbocycles. The molecule has 0 radical (unpaired) electrons. The standard InChI is InChI=1S/C49H25N3/c1-52-34-10-5-9-33(22-34)42-24-43-37-12-3-2-11-36(37)41(32-8-4-7-30(21-32)28-51)23-47(43)48-26-44-39-14-6-13-38-35(31-17-15-29(27-50)16-18-31)19-20-40(49(38)39)45(44)25-46(42)48/h2-26H. The second-order valence-corrected chi connectivity index (χ2v) is 13.4. The van der Waals surface area contributed by atoms with E-state index in [2.05, 4.69) is 108 Å². The van der Waals surface area contributed by atoms with E-state index in [0.717, 1.165) is 65.7 Å². The van der Waals surface area contributed by atoms with E-state index in [4.69, 9.17) is 6.57 Å². The zero-order valence-electron chi connectivity index (χ0n) is 27.8. The number of rotatable bonds is 3. The van der Waals surface area contributed by atoms with Crippen molar-refractivity contribution < 1.29 is 0 Å². The van der Waals surface area contributed by atoms with Gasteiger partial charge in [0.05, 0.1) is 29.8 Å². The first-order valence-electron chi connectivity index (χ1n) is 17.1. The lowest BCUT2D eigenvalue weighted by Crippen LogP contribution is -1.91. The van der Waals surface area contributed by atoms with Crippen molar-refractivity contribution in [2.45, 2.75) is 0 Å². The predicted molar refractivity (Wildman–Crippen MR) is 213 cm³/mol. The molecule has 0 heterocycles. The molecule has 10 rings (SSSR count). The third kappa shape index (κ3) is 4.30. The van der Waals surface area contributed by atoms with Gasteiger partial charge in [-0.05, 0) is 153 Å². The van der Waals surface area contributed by atoms with Gasteiger partial charge in [0.25, 0.3) is 0 Å².